The summed E-state index contributed by atoms with van der Waals surface area (Å²) in [5, 5.41) is 0. The average Bonchev–Trinajstić information content (AvgIpc) is 1.64. The predicted molar refractivity (Wildman–Crippen MR) is 35.0 cm³/mol. The summed E-state index contributed by atoms with van der Waals surface area (Å²) < 4.78 is 0. The van der Waals surface area contributed by atoms with Crippen LogP contribution < -0.4 is 4.90 Å². The molecule has 2 atom stereocenters. The van der Waals surface area contributed by atoms with Crippen molar-refractivity contribution >= 4 is 0 Å². The Labute approximate surface area is 51.7 Å². The normalized spacial score (nSPS) is 39.8. The minimum Gasteiger partial charge on any atom is -0.337 e. The highest BCUT2D eigenvalue weighted by molar-refractivity contribution is 4.53. The lowest BCUT2D eigenvalue weighted by Gasteiger charge is -2.23. The molecular weight excluding hydrogens is 98.1 g/mol. The first-order valence-corrected chi connectivity index (χ1v) is 3.60. The molecule has 0 amide bonds. The van der Waals surface area contributed by atoms with Gasteiger partial charge in [0, 0.05) is 5.92 Å². The quantitative estimate of drug-likeness (QED) is 0.449. The van der Waals surface area contributed by atoms with Gasteiger partial charge in [0.25, 0.3) is 0 Å². The van der Waals surface area contributed by atoms with E-state index in [1.54, 1.807) is 4.90 Å². The lowest BCUT2D eigenvalue weighted by atomic mass is 10.0. The van der Waals surface area contributed by atoms with Gasteiger partial charge in [0.1, 0.15) is 0 Å². The lowest BCUT2D eigenvalue weighted by molar-refractivity contribution is -0.888. The van der Waals surface area contributed by atoms with Gasteiger partial charge >= 0.3 is 0 Å². The highest BCUT2D eigenvalue weighted by Crippen LogP contribution is 2.03. The third-order valence-corrected chi connectivity index (χ3v) is 2.00. The Balaban J connectivity index is 2.23. The van der Waals surface area contributed by atoms with E-state index >= 15 is 0 Å². The molecule has 1 aliphatic rings. The SMILES string of the molecule is CC1CCC[NH+](C)C1. The average molecular weight is 114 g/mol. The minimum atomic E-state index is 0.976. The van der Waals surface area contributed by atoms with Crippen LogP contribution in [0, 0.1) is 5.92 Å². The summed E-state index contributed by atoms with van der Waals surface area (Å²) in [6.45, 7) is 5.13. The zero-order valence-electron chi connectivity index (χ0n) is 5.91. The van der Waals surface area contributed by atoms with Crippen LogP contribution in [0.25, 0.3) is 0 Å². The molecule has 0 spiro atoms. The molecule has 2 unspecified atom stereocenters. The van der Waals surface area contributed by atoms with Crippen LogP contribution in [0.15, 0.2) is 0 Å². The van der Waals surface area contributed by atoms with Crippen molar-refractivity contribution in [2.24, 2.45) is 5.92 Å². The maximum Gasteiger partial charge on any atom is 0.0794 e. The number of rotatable bonds is 0. The van der Waals surface area contributed by atoms with Gasteiger partial charge in [-0.2, -0.15) is 0 Å². The summed E-state index contributed by atoms with van der Waals surface area (Å²) in [6.07, 6.45) is 2.89. The molecule has 1 rings (SSSR count). The van der Waals surface area contributed by atoms with Crippen LogP contribution in [0.2, 0.25) is 0 Å². The fourth-order valence-electron chi connectivity index (χ4n) is 1.55. The molecule has 1 nitrogen and oxygen atoms in total. The van der Waals surface area contributed by atoms with Gasteiger partial charge in [-0.1, -0.05) is 6.92 Å². The summed E-state index contributed by atoms with van der Waals surface area (Å²) in [6, 6.07) is 0. The van der Waals surface area contributed by atoms with E-state index in [0.717, 1.165) is 5.92 Å². The van der Waals surface area contributed by atoms with Crippen LogP contribution in [0.1, 0.15) is 19.8 Å². The molecule has 0 bridgehead atoms. The number of hydrogen-bond acceptors (Lipinski definition) is 0. The minimum absolute atomic E-state index is 0.976. The van der Waals surface area contributed by atoms with Crippen molar-refractivity contribution in [1.82, 2.24) is 0 Å². The van der Waals surface area contributed by atoms with Crippen molar-refractivity contribution in [3.05, 3.63) is 0 Å². The lowest BCUT2D eigenvalue weighted by Crippen LogP contribution is -3.10. The first kappa shape index (κ1) is 6.09. The number of piperidine rings is 1. The van der Waals surface area contributed by atoms with Gasteiger partial charge < -0.3 is 4.90 Å². The molecule has 1 fully saturated rings. The van der Waals surface area contributed by atoms with Crippen molar-refractivity contribution in [2.75, 3.05) is 20.1 Å². The second-order valence-electron chi connectivity index (χ2n) is 3.16. The van der Waals surface area contributed by atoms with Gasteiger partial charge in [-0.15, -0.1) is 0 Å². The van der Waals surface area contributed by atoms with Gasteiger partial charge in [0.05, 0.1) is 20.1 Å². The zero-order chi connectivity index (χ0) is 5.98. The third-order valence-electron chi connectivity index (χ3n) is 2.00. The van der Waals surface area contributed by atoms with E-state index < -0.39 is 0 Å². The molecule has 1 N–H and O–H groups in total. The first-order valence-electron chi connectivity index (χ1n) is 3.60. The molecule has 8 heavy (non-hydrogen) atoms. The molecule has 0 aromatic carbocycles. The second kappa shape index (κ2) is 2.49. The van der Waals surface area contributed by atoms with E-state index in [1.807, 2.05) is 0 Å². The highest BCUT2D eigenvalue weighted by Gasteiger charge is 2.14. The predicted octanol–water partition coefficient (Wildman–Crippen LogP) is -0.0690. The van der Waals surface area contributed by atoms with E-state index in [9.17, 15) is 0 Å². The molecule has 0 radical (unpaired) electrons. The van der Waals surface area contributed by atoms with Crippen molar-refractivity contribution < 1.29 is 4.90 Å². The van der Waals surface area contributed by atoms with Gasteiger partial charge in [-0.25, -0.2) is 0 Å². The van der Waals surface area contributed by atoms with Crippen LogP contribution in [0.4, 0.5) is 0 Å². The summed E-state index contributed by atoms with van der Waals surface area (Å²) >= 11 is 0. The Bertz CT molecular complexity index is 62.8. The smallest absolute Gasteiger partial charge is 0.0794 e. The monoisotopic (exact) mass is 114 g/mol. The Morgan fingerprint density at radius 3 is 2.62 bits per heavy atom. The van der Waals surface area contributed by atoms with E-state index in [-0.39, 0.29) is 0 Å². The van der Waals surface area contributed by atoms with E-state index in [2.05, 4.69) is 14.0 Å². The summed E-state index contributed by atoms with van der Waals surface area (Å²) in [5.41, 5.74) is 0. The van der Waals surface area contributed by atoms with E-state index in [4.69, 9.17) is 0 Å². The van der Waals surface area contributed by atoms with Crippen LogP contribution in [-0.4, -0.2) is 20.1 Å². The molecule has 1 heteroatoms. The molecule has 0 aliphatic carbocycles. The largest absolute Gasteiger partial charge is 0.337 e. The number of likely N-dealkylation sites (tertiary alicyclic amines) is 1. The zero-order valence-corrected chi connectivity index (χ0v) is 5.91. The number of nitrogens with one attached hydrogen (secondary N) is 1. The van der Waals surface area contributed by atoms with Crippen LogP contribution in [-0.2, 0) is 0 Å². The molecule has 0 aromatic rings. The van der Waals surface area contributed by atoms with Crippen molar-refractivity contribution in [2.45, 2.75) is 19.8 Å². The highest BCUT2D eigenvalue weighted by atomic mass is 15.1. The molecule has 48 valence electrons. The van der Waals surface area contributed by atoms with Crippen molar-refractivity contribution in [3.8, 4) is 0 Å². The van der Waals surface area contributed by atoms with E-state index in [0.29, 0.717) is 0 Å². The van der Waals surface area contributed by atoms with Gasteiger partial charge in [0.15, 0.2) is 0 Å². The topological polar surface area (TPSA) is 4.44 Å². The second-order valence-corrected chi connectivity index (χ2v) is 3.16. The molecule has 0 saturated carbocycles. The van der Waals surface area contributed by atoms with Crippen molar-refractivity contribution in [1.29, 1.82) is 0 Å². The van der Waals surface area contributed by atoms with Crippen LogP contribution in [0.5, 0.6) is 0 Å². The van der Waals surface area contributed by atoms with Crippen LogP contribution in [0.3, 0.4) is 0 Å². The Hall–Kier alpha value is -0.0400. The Kier molecular flexibility index (Phi) is 1.90. The maximum atomic E-state index is 2.35. The maximum absolute atomic E-state index is 2.35. The summed E-state index contributed by atoms with van der Waals surface area (Å²) in [4.78, 5) is 1.71. The van der Waals surface area contributed by atoms with E-state index in [1.165, 1.54) is 25.9 Å². The van der Waals surface area contributed by atoms with Crippen LogP contribution >= 0.6 is 0 Å². The molecular formula is C7H16N+. The summed E-state index contributed by atoms with van der Waals surface area (Å²) in [5.74, 6) is 0.976. The number of quaternary nitrogens is 1. The Morgan fingerprint density at radius 2 is 2.25 bits per heavy atom. The van der Waals surface area contributed by atoms with Gasteiger partial charge in [-0.3, -0.25) is 0 Å². The van der Waals surface area contributed by atoms with Gasteiger partial charge in [0.2, 0.25) is 0 Å². The standard InChI is InChI=1S/C7H15N/c1-7-4-3-5-8(2)6-7/h7H,3-6H2,1-2H3/p+1. The fraction of sp³-hybridized carbons (Fsp3) is 1.00. The van der Waals surface area contributed by atoms with Crippen molar-refractivity contribution in [3.63, 3.8) is 0 Å². The third kappa shape index (κ3) is 1.48. The summed E-state index contributed by atoms with van der Waals surface area (Å²) in [7, 11) is 2.29. The molecule has 1 aliphatic heterocycles. The fourth-order valence-corrected chi connectivity index (χ4v) is 1.55. The Morgan fingerprint density at radius 1 is 1.50 bits per heavy atom. The number of hydrogen-bond donors (Lipinski definition) is 1. The molecule has 1 saturated heterocycles. The van der Waals surface area contributed by atoms with Gasteiger partial charge in [-0.05, 0) is 12.8 Å². The molecule has 1 heterocycles. The first-order chi connectivity index (χ1) is 3.79. The molecule has 0 aromatic heterocycles.